The van der Waals surface area contributed by atoms with Crippen molar-refractivity contribution in [3.63, 3.8) is 0 Å². The molecule has 0 aliphatic carbocycles. The number of hydrogen-bond acceptors (Lipinski definition) is 0. The van der Waals surface area contributed by atoms with Gasteiger partial charge in [-0.1, -0.05) is 65.0 Å². The van der Waals surface area contributed by atoms with Crippen molar-refractivity contribution in [2.75, 3.05) is 0 Å². The molecule has 0 radical (unpaired) electrons. The van der Waals surface area contributed by atoms with Crippen molar-refractivity contribution in [3.05, 3.63) is 35.9 Å². The number of benzene rings is 1. The Balaban J connectivity index is 0. The maximum Gasteiger partial charge on any atom is -0.0279 e. The molecule has 1 rings (SSSR count). The van der Waals surface area contributed by atoms with Crippen LogP contribution >= 0.6 is 0 Å². The second-order valence-corrected chi connectivity index (χ2v) is 2.59. The number of unbranched alkanes of at least 4 members (excludes halogenated alkanes) is 1. The van der Waals surface area contributed by atoms with Crippen LogP contribution in [0.1, 0.15) is 46.6 Å². The van der Waals surface area contributed by atoms with Crippen molar-refractivity contribution in [2.45, 2.75) is 47.5 Å². The lowest BCUT2D eigenvalue weighted by Gasteiger charge is -1.96. The second-order valence-electron chi connectivity index (χ2n) is 2.59. The first kappa shape index (κ1) is 14.7. The molecule has 0 heterocycles. The summed E-state index contributed by atoms with van der Waals surface area (Å²) in [5.74, 6) is 0. The smallest absolute Gasteiger partial charge is 0.0279 e. The van der Waals surface area contributed by atoms with E-state index in [0.717, 1.165) is 0 Å². The molecule has 0 heteroatoms. The van der Waals surface area contributed by atoms with E-state index in [-0.39, 0.29) is 7.43 Å². The minimum absolute atomic E-state index is 0. The van der Waals surface area contributed by atoms with E-state index in [4.69, 9.17) is 0 Å². The molecule has 0 fully saturated rings. The van der Waals surface area contributed by atoms with E-state index in [0.29, 0.717) is 0 Å². The quantitative estimate of drug-likeness (QED) is 0.633. The molecule has 0 aliphatic heterocycles. The van der Waals surface area contributed by atoms with Gasteiger partial charge in [-0.25, -0.2) is 0 Å². The van der Waals surface area contributed by atoms with E-state index in [1.165, 1.54) is 24.8 Å². The highest BCUT2D eigenvalue weighted by molar-refractivity contribution is 5.14. The van der Waals surface area contributed by atoms with Crippen LogP contribution in [-0.4, -0.2) is 0 Å². The standard InChI is InChI=1S/C10H14.C2H6.CH4/c1-2-3-7-10-8-5-4-6-9-10;1-2;/h4-6,8-9H,2-3,7H2,1H3;1-2H3;1H4. The van der Waals surface area contributed by atoms with Crippen LogP contribution in [0.15, 0.2) is 30.3 Å². The first-order valence-corrected chi connectivity index (χ1v) is 4.97. The van der Waals surface area contributed by atoms with Crippen LogP contribution in [0.5, 0.6) is 0 Å². The molecule has 0 saturated carbocycles. The maximum atomic E-state index is 2.23. The molecule has 0 amide bonds. The average molecular weight is 180 g/mol. The Labute approximate surface area is 84.0 Å². The lowest BCUT2D eigenvalue weighted by molar-refractivity contribution is 0.795. The first-order chi connectivity index (χ1) is 5.93. The Kier molecular flexibility index (Phi) is 12.7. The third-order valence-electron chi connectivity index (χ3n) is 1.66. The topological polar surface area (TPSA) is 0 Å². The second kappa shape index (κ2) is 11.2. The molecule has 0 aromatic heterocycles. The zero-order valence-electron chi connectivity index (χ0n) is 8.51. The van der Waals surface area contributed by atoms with Crippen molar-refractivity contribution in [1.82, 2.24) is 0 Å². The van der Waals surface area contributed by atoms with Gasteiger partial charge < -0.3 is 0 Å². The predicted octanol–water partition coefficient (Wildman–Crippen LogP) is 4.69. The van der Waals surface area contributed by atoms with Crippen LogP contribution in [0.4, 0.5) is 0 Å². The Morgan fingerprint density at radius 3 is 2.00 bits per heavy atom. The summed E-state index contributed by atoms with van der Waals surface area (Å²) in [7, 11) is 0. The Bertz CT molecular complexity index is 165. The lowest BCUT2D eigenvalue weighted by Crippen LogP contribution is -1.81. The molecule has 1 aromatic carbocycles. The van der Waals surface area contributed by atoms with Gasteiger partial charge in [-0.15, -0.1) is 0 Å². The summed E-state index contributed by atoms with van der Waals surface area (Å²) in [6.07, 6.45) is 3.83. The monoisotopic (exact) mass is 180 g/mol. The van der Waals surface area contributed by atoms with Crippen LogP contribution in [0.25, 0.3) is 0 Å². The van der Waals surface area contributed by atoms with Crippen molar-refractivity contribution < 1.29 is 0 Å². The first-order valence-electron chi connectivity index (χ1n) is 4.97. The summed E-state index contributed by atoms with van der Waals surface area (Å²) in [5.41, 5.74) is 1.46. The number of hydrogen-bond donors (Lipinski definition) is 0. The van der Waals surface area contributed by atoms with Gasteiger partial charge in [0.25, 0.3) is 0 Å². The van der Waals surface area contributed by atoms with Crippen LogP contribution < -0.4 is 0 Å². The molecule has 1 aromatic rings. The fourth-order valence-corrected chi connectivity index (χ4v) is 1.03. The molecule has 0 unspecified atom stereocenters. The fourth-order valence-electron chi connectivity index (χ4n) is 1.03. The van der Waals surface area contributed by atoms with Gasteiger partial charge in [0.15, 0.2) is 0 Å². The summed E-state index contributed by atoms with van der Waals surface area (Å²) >= 11 is 0. The minimum atomic E-state index is 0. The largest absolute Gasteiger partial charge is 0.0776 e. The van der Waals surface area contributed by atoms with Crippen LogP contribution in [-0.2, 0) is 6.42 Å². The third-order valence-corrected chi connectivity index (χ3v) is 1.66. The predicted molar refractivity (Wildman–Crippen MR) is 63.1 cm³/mol. The van der Waals surface area contributed by atoms with Gasteiger partial charge in [0, 0.05) is 0 Å². The van der Waals surface area contributed by atoms with E-state index in [1.54, 1.807) is 0 Å². The summed E-state index contributed by atoms with van der Waals surface area (Å²) in [5, 5.41) is 0. The lowest BCUT2D eigenvalue weighted by atomic mass is 10.1. The zero-order valence-corrected chi connectivity index (χ0v) is 8.51. The summed E-state index contributed by atoms with van der Waals surface area (Å²) in [6.45, 7) is 6.23. The normalized spacial score (nSPS) is 7.92. The van der Waals surface area contributed by atoms with Crippen LogP contribution in [0, 0.1) is 0 Å². The summed E-state index contributed by atoms with van der Waals surface area (Å²) < 4.78 is 0. The van der Waals surface area contributed by atoms with Crippen LogP contribution in [0.3, 0.4) is 0 Å². The van der Waals surface area contributed by atoms with E-state index < -0.39 is 0 Å². The number of rotatable bonds is 3. The molecule has 76 valence electrons. The Morgan fingerprint density at radius 2 is 1.54 bits per heavy atom. The molecule has 0 aliphatic rings. The summed E-state index contributed by atoms with van der Waals surface area (Å²) in [6, 6.07) is 10.6. The van der Waals surface area contributed by atoms with Crippen molar-refractivity contribution in [3.8, 4) is 0 Å². The molecule has 13 heavy (non-hydrogen) atoms. The van der Waals surface area contributed by atoms with Crippen molar-refractivity contribution in [2.24, 2.45) is 0 Å². The van der Waals surface area contributed by atoms with Crippen molar-refractivity contribution >= 4 is 0 Å². The average Bonchev–Trinajstić information content (AvgIpc) is 2.19. The van der Waals surface area contributed by atoms with E-state index in [9.17, 15) is 0 Å². The van der Waals surface area contributed by atoms with Gasteiger partial charge in [-0.3, -0.25) is 0 Å². The fraction of sp³-hybridized carbons (Fsp3) is 0.538. The van der Waals surface area contributed by atoms with Gasteiger partial charge in [0.2, 0.25) is 0 Å². The van der Waals surface area contributed by atoms with Gasteiger partial charge in [0.05, 0.1) is 0 Å². The minimum Gasteiger partial charge on any atom is -0.0776 e. The van der Waals surface area contributed by atoms with Gasteiger partial charge >= 0.3 is 0 Å². The zero-order chi connectivity index (χ0) is 9.23. The maximum absolute atomic E-state index is 2.23. The molecule has 0 bridgehead atoms. The van der Waals surface area contributed by atoms with E-state index in [1.807, 2.05) is 13.8 Å². The van der Waals surface area contributed by atoms with Gasteiger partial charge in [-0.05, 0) is 18.4 Å². The molecule has 0 N–H and O–H groups in total. The summed E-state index contributed by atoms with van der Waals surface area (Å²) in [4.78, 5) is 0. The Morgan fingerprint density at radius 1 is 1.00 bits per heavy atom. The highest BCUT2D eigenvalue weighted by Gasteiger charge is 1.87. The SMILES string of the molecule is C.CC.CCCCc1ccccc1. The Hall–Kier alpha value is -0.780. The highest BCUT2D eigenvalue weighted by atomic mass is 13.9. The third kappa shape index (κ3) is 7.58. The van der Waals surface area contributed by atoms with Gasteiger partial charge in [0.1, 0.15) is 0 Å². The molecular formula is C13H24. The molecular weight excluding hydrogens is 156 g/mol. The molecule has 0 nitrogen and oxygen atoms in total. The van der Waals surface area contributed by atoms with Gasteiger partial charge in [-0.2, -0.15) is 0 Å². The van der Waals surface area contributed by atoms with Crippen LogP contribution in [0.2, 0.25) is 0 Å². The molecule has 0 saturated heterocycles. The molecule has 0 spiro atoms. The number of aryl methyl sites for hydroxylation is 1. The van der Waals surface area contributed by atoms with E-state index >= 15 is 0 Å². The highest BCUT2D eigenvalue weighted by Crippen LogP contribution is 2.03. The van der Waals surface area contributed by atoms with Crippen molar-refractivity contribution in [1.29, 1.82) is 0 Å². The van der Waals surface area contributed by atoms with E-state index in [2.05, 4.69) is 37.3 Å². The molecule has 0 atom stereocenters.